The maximum atomic E-state index is 12.3. The quantitative estimate of drug-likeness (QED) is 0.752. The largest absolute Gasteiger partial charge is 0.448 e. The van der Waals surface area contributed by atoms with Gasteiger partial charge in [-0.25, -0.2) is 4.98 Å². The minimum Gasteiger partial charge on any atom is -0.448 e. The first kappa shape index (κ1) is 11.9. The van der Waals surface area contributed by atoms with Crippen LogP contribution in [0, 0.1) is 6.92 Å². The zero-order valence-electron chi connectivity index (χ0n) is 10.3. The highest BCUT2D eigenvalue weighted by Crippen LogP contribution is 2.19. The Hall–Kier alpha value is -1.58. The topological polar surface area (TPSA) is 46.3 Å². The fraction of sp³-hybridized carbons (Fsp3) is 0.538. The molecule has 2 rings (SSSR count). The predicted octanol–water partition coefficient (Wildman–Crippen LogP) is 2.55. The van der Waals surface area contributed by atoms with E-state index in [2.05, 4.69) is 18.0 Å². The first-order valence-electron chi connectivity index (χ1n) is 6.11. The Labute approximate surface area is 101 Å². The lowest BCUT2D eigenvalue weighted by Gasteiger charge is -2.23. The SMILES string of the molecule is CCCC[C@@H]1C=CCN1C(=O)c1ncoc1C. The molecule has 2 heterocycles. The van der Waals surface area contributed by atoms with Crippen molar-refractivity contribution in [1.29, 1.82) is 0 Å². The van der Waals surface area contributed by atoms with Crippen molar-refractivity contribution in [1.82, 2.24) is 9.88 Å². The van der Waals surface area contributed by atoms with Crippen molar-refractivity contribution in [2.75, 3.05) is 6.54 Å². The van der Waals surface area contributed by atoms with Crippen LogP contribution >= 0.6 is 0 Å². The highest BCUT2D eigenvalue weighted by atomic mass is 16.3. The molecule has 0 N–H and O–H groups in total. The maximum absolute atomic E-state index is 12.3. The summed E-state index contributed by atoms with van der Waals surface area (Å²) >= 11 is 0. The molecular weight excluding hydrogens is 216 g/mol. The van der Waals surface area contributed by atoms with E-state index in [0.29, 0.717) is 18.0 Å². The zero-order chi connectivity index (χ0) is 12.3. The first-order valence-corrected chi connectivity index (χ1v) is 6.11. The van der Waals surface area contributed by atoms with Gasteiger partial charge in [0.2, 0.25) is 0 Å². The molecule has 1 aliphatic rings. The summed E-state index contributed by atoms with van der Waals surface area (Å²) in [4.78, 5) is 18.1. The van der Waals surface area contributed by atoms with Gasteiger partial charge in [0.05, 0.1) is 6.04 Å². The van der Waals surface area contributed by atoms with Crippen LogP contribution in [0.1, 0.15) is 42.4 Å². The van der Waals surface area contributed by atoms with E-state index >= 15 is 0 Å². The van der Waals surface area contributed by atoms with Crippen LogP contribution in [-0.4, -0.2) is 28.4 Å². The van der Waals surface area contributed by atoms with E-state index in [9.17, 15) is 4.79 Å². The van der Waals surface area contributed by atoms with Crippen molar-refractivity contribution in [2.45, 2.75) is 39.2 Å². The van der Waals surface area contributed by atoms with Crippen LogP contribution in [0.15, 0.2) is 23.0 Å². The molecule has 0 unspecified atom stereocenters. The molecule has 0 fully saturated rings. The third-order valence-corrected chi connectivity index (χ3v) is 3.12. The predicted molar refractivity (Wildman–Crippen MR) is 64.7 cm³/mol. The molecule has 4 heteroatoms. The van der Waals surface area contributed by atoms with Crippen LogP contribution < -0.4 is 0 Å². The summed E-state index contributed by atoms with van der Waals surface area (Å²) in [5, 5.41) is 0. The van der Waals surface area contributed by atoms with Crippen molar-refractivity contribution in [2.24, 2.45) is 0 Å². The molecule has 0 bridgehead atoms. The van der Waals surface area contributed by atoms with E-state index in [1.807, 2.05) is 11.0 Å². The summed E-state index contributed by atoms with van der Waals surface area (Å²) in [6, 6.07) is 0.221. The third-order valence-electron chi connectivity index (χ3n) is 3.12. The molecule has 92 valence electrons. The molecule has 1 aromatic heterocycles. The lowest BCUT2D eigenvalue weighted by atomic mass is 10.1. The number of hydrogen-bond acceptors (Lipinski definition) is 3. The molecule has 0 radical (unpaired) electrons. The average molecular weight is 234 g/mol. The van der Waals surface area contributed by atoms with Crippen LogP contribution in [0.3, 0.4) is 0 Å². The number of hydrogen-bond donors (Lipinski definition) is 0. The van der Waals surface area contributed by atoms with Gasteiger partial charge in [-0.1, -0.05) is 31.9 Å². The molecule has 1 atom stereocenters. The van der Waals surface area contributed by atoms with Gasteiger partial charge < -0.3 is 9.32 Å². The number of nitrogens with zero attached hydrogens (tertiary/aromatic N) is 2. The van der Waals surface area contributed by atoms with Crippen molar-refractivity contribution in [3.05, 3.63) is 30.0 Å². The number of rotatable bonds is 4. The van der Waals surface area contributed by atoms with Gasteiger partial charge in [0.25, 0.3) is 5.91 Å². The number of aryl methyl sites for hydroxylation is 1. The third kappa shape index (κ3) is 2.40. The van der Waals surface area contributed by atoms with E-state index in [1.54, 1.807) is 6.92 Å². The monoisotopic (exact) mass is 234 g/mol. The summed E-state index contributed by atoms with van der Waals surface area (Å²) in [5.74, 6) is 0.568. The van der Waals surface area contributed by atoms with E-state index in [0.717, 1.165) is 19.3 Å². The Morgan fingerprint density at radius 3 is 3.12 bits per heavy atom. The highest BCUT2D eigenvalue weighted by Gasteiger charge is 2.27. The standard InChI is InChI=1S/C13H18N2O2/c1-3-4-6-11-7-5-8-15(11)13(16)12-10(2)17-9-14-12/h5,7,9,11H,3-4,6,8H2,1-2H3/t11-/m1/s1. The van der Waals surface area contributed by atoms with Gasteiger partial charge >= 0.3 is 0 Å². The number of carbonyl (C=O) groups excluding carboxylic acids is 1. The Balaban J connectivity index is 2.07. The molecule has 0 saturated heterocycles. The molecule has 1 amide bonds. The van der Waals surface area contributed by atoms with Crippen LogP contribution in [-0.2, 0) is 0 Å². The summed E-state index contributed by atoms with van der Waals surface area (Å²) in [5.41, 5.74) is 0.440. The van der Waals surface area contributed by atoms with Crippen molar-refractivity contribution in [3.8, 4) is 0 Å². The van der Waals surface area contributed by atoms with E-state index in [4.69, 9.17) is 4.42 Å². The van der Waals surface area contributed by atoms with Crippen molar-refractivity contribution in [3.63, 3.8) is 0 Å². The van der Waals surface area contributed by atoms with E-state index in [-0.39, 0.29) is 11.9 Å². The fourth-order valence-corrected chi connectivity index (χ4v) is 2.12. The van der Waals surface area contributed by atoms with Crippen molar-refractivity contribution < 1.29 is 9.21 Å². The van der Waals surface area contributed by atoms with Crippen LogP contribution in [0.5, 0.6) is 0 Å². The Morgan fingerprint density at radius 1 is 1.65 bits per heavy atom. The van der Waals surface area contributed by atoms with Crippen LogP contribution in [0.25, 0.3) is 0 Å². The van der Waals surface area contributed by atoms with Gasteiger partial charge in [0.15, 0.2) is 12.1 Å². The Morgan fingerprint density at radius 2 is 2.47 bits per heavy atom. The van der Waals surface area contributed by atoms with Gasteiger partial charge in [-0.2, -0.15) is 0 Å². The number of oxazole rings is 1. The van der Waals surface area contributed by atoms with Gasteiger partial charge in [0.1, 0.15) is 5.76 Å². The maximum Gasteiger partial charge on any atom is 0.276 e. The second kappa shape index (κ2) is 5.17. The van der Waals surface area contributed by atoms with E-state index in [1.165, 1.54) is 6.39 Å². The fourth-order valence-electron chi connectivity index (χ4n) is 2.12. The van der Waals surface area contributed by atoms with Crippen LogP contribution in [0.2, 0.25) is 0 Å². The molecule has 1 aliphatic heterocycles. The summed E-state index contributed by atoms with van der Waals surface area (Å²) in [6.07, 6.45) is 8.80. The molecule has 0 aromatic carbocycles. The molecule has 0 saturated carbocycles. The lowest BCUT2D eigenvalue weighted by Crippen LogP contribution is -2.36. The second-order valence-corrected chi connectivity index (χ2v) is 4.35. The summed E-state index contributed by atoms with van der Waals surface area (Å²) in [7, 11) is 0. The van der Waals surface area contributed by atoms with Gasteiger partial charge in [-0.3, -0.25) is 4.79 Å². The molecule has 17 heavy (non-hydrogen) atoms. The number of aromatic nitrogens is 1. The van der Waals surface area contributed by atoms with Crippen molar-refractivity contribution >= 4 is 5.91 Å². The minimum absolute atomic E-state index is 0.0256. The smallest absolute Gasteiger partial charge is 0.276 e. The van der Waals surface area contributed by atoms with Gasteiger partial charge in [0, 0.05) is 6.54 Å². The Bertz CT molecular complexity index is 423. The average Bonchev–Trinajstić information content (AvgIpc) is 2.94. The Kier molecular flexibility index (Phi) is 3.61. The van der Waals surface area contributed by atoms with Gasteiger partial charge in [-0.05, 0) is 13.3 Å². The summed E-state index contributed by atoms with van der Waals surface area (Å²) < 4.78 is 5.08. The highest BCUT2D eigenvalue weighted by molar-refractivity contribution is 5.93. The number of unbranched alkanes of at least 4 members (excludes halogenated alkanes) is 1. The molecule has 0 aliphatic carbocycles. The molecular formula is C13H18N2O2. The summed E-state index contributed by atoms with van der Waals surface area (Å²) in [6.45, 7) is 4.61. The van der Waals surface area contributed by atoms with Crippen LogP contribution in [0.4, 0.5) is 0 Å². The lowest BCUT2D eigenvalue weighted by molar-refractivity contribution is 0.0736. The molecule has 0 spiro atoms. The number of amides is 1. The molecule has 1 aromatic rings. The minimum atomic E-state index is -0.0256. The zero-order valence-corrected chi connectivity index (χ0v) is 10.3. The number of carbonyl (C=O) groups is 1. The van der Waals surface area contributed by atoms with E-state index < -0.39 is 0 Å². The second-order valence-electron chi connectivity index (χ2n) is 4.35. The van der Waals surface area contributed by atoms with Gasteiger partial charge in [-0.15, -0.1) is 0 Å². The molecule has 4 nitrogen and oxygen atoms in total. The first-order chi connectivity index (χ1) is 8.24. The normalized spacial score (nSPS) is 18.9.